The Kier molecular flexibility index (Phi) is 5.06. The summed E-state index contributed by atoms with van der Waals surface area (Å²) in [6.45, 7) is 3.69. The van der Waals surface area contributed by atoms with Crippen molar-refractivity contribution in [2.45, 2.75) is 23.9 Å². The topological polar surface area (TPSA) is 88.2 Å². The van der Waals surface area contributed by atoms with Crippen LogP contribution in [0, 0.1) is 13.8 Å². The Morgan fingerprint density at radius 3 is 2.79 bits per heavy atom. The number of carbonyl (C=O) groups is 1. The predicted molar refractivity (Wildman–Crippen MR) is 111 cm³/mol. The number of hydrogen-bond donors (Lipinski definition) is 2. The molecule has 0 fully saturated rings. The van der Waals surface area contributed by atoms with Gasteiger partial charge in [0.05, 0.1) is 0 Å². The fourth-order valence-electron chi connectivity index (χ4n) is 2.82. The van der Waals surface area contributed by atoms with Gasteiger partial charge in [-0.3, -0.25) is 4.79 Å². The number of aromatic nitrogens is 2. The summed E-state index contributed by atoms with van der Waals surface area (Å²) in [5, 5.41) is 22.5. The maximum Gasteiger partial charge on any atom is 0.291 e. The Bertz CT molecular complexity index is 1170. The van der Waals surface area contributed by atoms with Crippen molar-refractivity contribution in [3.05, 3.63) is 64.4 Å². The van der Waals surface area contributed by atoms with Gasteiger partial charge in [0.15, 0.2) is 10.1 Å². The highest BCUT2D eigenvalue weighted by atomic mass is 32.2. The molecule has 28 heavy (non-hydrogen) atoms. The third-order valence-corrected chi connectivity index (χ3v) is 6.21. The van der Waals surface area contributed by atoms with Gasteiger partial charge in [-0.1, -0.05) is 41.3 Å². The second-order valence-electron chi connectivity index (χ2n) is 6.24. The zero-order valence-electron chi connectivity index (χ0n) is 15.2. The summed E-state index contributed by atoms with van der Waals surface area (Å²) in [5.74, 6) is 0.681. The van der Waals surface area contributed by atoms with E-state index in [-0.39, 0.29) is 17.4 Å². The molecular weight excluding hydrogens is 394 g/mol. The number of thioether (sulfide) groups is 1. The molecule has 0 aliphatic carbocycles. The number of phenols is 1. The molecule has 0 aliphatic rings. The van der Waals surface area contributed by atoms with Crippen LogP contribution in [0.3, 0.4) is 0 Å². The number of rotatable bonds is 5. The van der Waals surface area contributed by atoms with E-state index in [1.165, 1.54) is 23.1 Å². The number of benzene rings is 2. The Balaban J connectivity index is 1.65. The molecule has 0 aliphatic heterocycles. The van der Waals surface area contributed by atoms with E-state index in [0.717, 1.165) is 20.3 Å². The molecule has 8 heteroatoms. The summed E-state index contributed by atoms with van der Waals surface area (Å²) in [6, 6.07) is 12.5. The van der Waals surface area contributed by atoms with Gasteiger partial charge < -0.3 is 14.8 Å². The quantitative estimate of drug-likeness (QED) is 0.349. The van der Waals surface area contributed by atoms with Crippen LogP contribution in [0.2, 0.25) is 0 Å². The van der Waals surface area contributed by atoms with Crippen LogP contribution in [-0.2, 0) is 5.75 Å². The molecule has 0 atom stereocenters. The number of para-hydroxylation sites is 1. The van der Waals surface area contributed by atoms with Gasteiger partial charge in [-0.05, 0) is 43.7 Å². The van der Waals surface area contributed by atoms with Crippen LogP contribution >= 0.6 is 23.1 Å². The fraction of sp³-hybridized carbons (Fsp3) is 0.150. The van der Waals surface area contributed by atoms with E-state index in [9.17, 15) is 9.90 Å². The molecule has 2 aromatic heterocycles. The minimum atomic E-state index is -0.328. The molecule has 0 saturated carbocycles. The predicted octanol–water partition coefficient (Wildman–Crippen LogP) is 5.15. The number of phenolic OH excluding ortho intramolecular Hbond substituents is 1. The summed E-state index contributed by atoms with van der Waals surface area (Å²) < 4.78 is 6.72. The monoisotopic (exact) mass is 411 g/mol. The van der Waals surface area contributed by atoms with Crippen molar-refractivity contribution in [3.8, 4) is 5.75 Å². The first-order valence-corrected chi connectivity index (χ1v) is 10.4. The van der Waals surface area contributed by atoms with E-state index >= 15 is 0 Å². The van der Waals surface area contributed by atoms with Gasteiger partial charge >= 0.3 is 0 Å². The lowest BCUT2D eigenvalue weighted by molar-refractivity contribution is 0.0998. The van der Waals surface area contributed by atoms with Crippen molar-refractivity contribution >= 4 is 45.7 Å². The van der Waals surface area contributed by atoms with Gasteiger partial charge in [0, 0.05) is 22.4 Å². The van der Waals surface area contributed by atoms with Crippen LogP contribution in [0.15, 0.2) is 51.2 Å². The van der Waals surface area contributed by atoms with Gasteiger partial charge in [0.2, 0.25) is 0 Å². The van der Waals surface area contributed by atoms with Crippen molar-refractivity contribution in [2.24, 2.45) is 0 Å². The average Bonchev–Trinajstić information content (AvgIpc) is 3.26. The highest BCUT2D eigenvalue weighted by molar-refractivity contribution is 8.00. The van der Waals surface area contributed by atoms with Gasteiger partial charge in [0.1, 0.15) is 16.3 Å². The van der Waals surface area contributed by atoms with Crippen LogP contribution in [0.1, 0.15) is 26.7 Å². The first-order chi connectivity index (χ1) is 13.5. The highest BCUT2D eigenvalue weighted by Crippen LogP contribution is 2.33. The van der Waals surface area contributed by atoms with E-state index in [4.69, 9.17) is 4.42 Å². The number of fused-ring (bicyclic) bond motifs is 1. The van der Waals surface area contributed by atoms with E-state index in [2.05, 4.69) is 15.5 Å². The first kappa shape index (κ1) is 18.5. The number of anilines is 1. The smallest absolute Gasteiger partial charge is 0.291 e. The molecule has 0 bridgehead atoms. The summed E-state index contributed by atoms with van der Waals surface area (Å²) in [7, 11) is 0. The van der Waals surface area contributed by atoms with E-state index in [0.29, 0.717) is 22.6 Å². The fourth-order valence-corrected chi connectivity index (χ4v) is 4.66. The Morgan fingerprint density at radius 2 is 2.04 bits per heavy atom. The zero-order chi connectivity index (χ0) is 19.7. The molecule has 6 nitrogen and oxygen atoms in total. The summed E-state index contributed by atoms with van der Waals surface area (Å²) in [5.41, 5.74) is 2.77. The minimum absolute atomic E-state index is 0.186. The molecular formula is C20H17N3O3S2. The summed E-state index contributed by atoms with van der Waals surface area (Å²) in [4.78, 5) is 12.9. The number of carbonyl (C=O) groups excluding carboxylic acids is 1. The number of furan rings is 1. The van der Waals surface area contributed by atoms with Crippen LogP contribution in [0.4, 0.5) is 5.69 Å². The number of aromatic hydroxyl groups is 1. The number of amides is 1. The third kappa shape index (κ3) is 3.74. The molecule has 2 heterocycles. The van der Waals surface area contributed by atoms with Crippen LogP contribution < -0.4 is 5.32 Å². The second-order valence-corrected chi connectivity index (χ2v) is 8.64. The van der Waals surface area contributed by atoms with Crippen LogP contribution in [-0.4, -0.2) is 21.2 Å². The SMILES string of the molecule is Cc1nnc(SCc2c(C(=O)Nc3ccc(O)c(C)c3)oc3ccccc23)s1. The van der Waals surface area contributed by atoms with E-state index in [1.807, 2.05) is 31.2 Å². The Morgan fingerprint density at radius 1 is 1.21 bits per heavy atom. The molecule has 0 spiro atoms. The standard InChI is InChI=1S/C20H17N3O3S2/c1-11-9-13(7-8-16(11)24)21-19(25)18-15(10-27-20-23-22-12(2)28-20)14-5-3-4-6-17(14)26-18/h3-9,24H,10H2,1-2H3,(H,21,25). The summed E-state index contributed by atoms with van der Waals surface area (Å²) >= 11 is 3.05. The van der Waals surface area contributed by atoms with Crippen LogP contribution in [0.5, 0.6) is 5.75 Å². The first-order valence-electron chi connectivity index (χ1n) is 8.55. The Hall–Kier alpha value is -2.84. The molecule has 1 amide bonds. The van der Waals surface area contributed by atoms with Crippen molar-refractivity contribution < 1.29 is 14.3 Å². The molecule has 2 N–H and O–H groups in total. The maximum absolute atomic E-state index is 12.9. The van der Waals surface area contributed by atoms with Crippen LogP contribution in [0.25, 0.3) is 11.0 Å². The maximum atomic E-state index is 12.9. The molecule has 0 unspecified atom stereocenters. The van der Waals surface area contributed by atoms with Gasteiger partial charge in [0.25, 0.3) is 5.91 Å². The largest absolute Gasteiger partial charge is 0.508 e. The van der Waals surface area contributed by atoms with Gasteiger partial charge in [-0.25, -0.2) is 0 Å². The van der Waals surface area contributed by atoms with Crippen molar-refractivity contribution in [3.63, 3.8) is 0 Å². The highest BCUT2D eigenvalue weighted by Gasteiger charge is 2.21. The summed E-state index contributed by atoms with van der Waals surface area (Å²) in [6.07, 6.45) is 0. The molecule has 2 aromatic carbocycles. The lowest BCUT2D eigenvalue weighted by Crippen LogP contribution is -2.12. The lowest BCUT2D eigenvalue weighted by Gasteiger charge is -2.07. The average molecular weight is 412 g/mol. The molecule has 142 valence electrons. The molecule has 0 saturated heterocycles. The van der Waals surface area contributed by atoms with Crippen molar-refractivity contribution in [2.75, 3.05) is 5.32 Å². The van der Waals surface area contributed by atoms with E-state index < -0.39 is 0 Å². The van der Waals surface area contributed by atoms with E-state index in [1.54, 1.807) is 25.1 Å². The zero-order valence-corrected chi connectivity index (χ0v) is 16.9. The number of aryl methyl sites for hydroxylation is 2. The molecule has 4 rings (SSSR count). The van der Waals surface area contributed by atoms with Crippen molar-refractivity contribution in [1.82, 2.24) is 10.2 Å². The third-order valence-electron chi connectivity index (χ3n) is 4.21. The number of nitrogens with zero attached hydrogens (tertiary/aromatic N) is 2. The second kappa shape index (κ2) is 7.65. The molecule has 4 aromatic rings. The number of hydrogen-bond acceptors (Lipinski definition) is 7. The number of nitrogens with one attached hydrogen (secondary N) is 1. The normalized spacial score (nSPS) is 11.1. The van der Waals surface area contributed by atoms with Gasteiger partial charge in [-0.15, -0.1) is 10.2 Å². The molecule has 0 radical (unpaired) electrons. The van der Waals surface area contributed by atoms with Crippen molar-refractivity contribution in [1.29, 1.82) is 0 Å². The Labute approximate surface area is 169 Å². The van der Waals surface area contributed by atoms with Gasteiger partial charge in [-0.2, -0.15) is 0 Å². The minimum Gasteiger partial charge on any atom is -0.508 e. The lowest BCUT2D eigenvalue weighted by atomic mass is 10.1.